The van der Waals surface area contributed by atoms with Crippen molar-refractivity contribution in [1.82, 2.24) is 14.7 Å². The highest BCUT2D eigenvalue weighted by Gasteiger charge is 2.24. The van der Waals surface area contributed by atoms with Gasteiger partial charge in [0.1, 0.15) is 11.4 Å². The van der Waals surface area contributed by atoms with E-state index in [1.807, 2.05) is 31.2 Å². The molecule has 7 heteroatoms. The fraction of sp³-hybridized carbons (Fsp3) is 0.389. The lowest BCUT2D eigenvalue weighted by Gasteiger charge is -2.36. The smallest absolute Gasteiger partial charge is 0.274 e. The van der Waals surface area contributed by atoms with Crippen LogP contribution in [0, 0.1) is 0 Å². The van der Waals surface area contributed by atoms with Crippen LogP contribution < -0.4 is 15.2 Å². The van der Waals surface area contributed by atoms with Crippen molar-refractivity contribution in [2.24, 2.45) is 7.05 Å². The van der Waals surface area contributed by atoms with Crippen molar-refractivity contribution in [1.29, 1.82) is 0 Å². The van der Waals surface area contributed by atoms with E-state index in [1.54, 1.807) is 11.9 Å². The predicted octanol–water partition coefficient (Wildman–Crippen LogP) is 1.14. The number of amides is 1. The number of aryl methyl sites for hydroxylation is 1. The number of carbonyl (C=O) groups is 1. The molecule has 0 N–H and O–H groups in total. The van der Waals surface area contributed by atoms with Gasteiger partial charge in [0, 0.05) is 39.3 Å². The average molecular weight is 342 g/mol. The molecule has 0 saturated carbocycles. The number of para-hydroxylation sites is 2. The van der Waals surface area contributed by atoms with Gasteiger partial charge in [0.15, 0.2) is 0 Å². The molecule has 1 saturated heterocycles. The molecule has 1 fully saturated rings. The van der Waals surface area contributed by atoms with Crippen molar-refractivity contribution < 1.29 is 9.53 Å². The molecule has 3 rings (SSSR count). The summed E-state index contributed by atoms with van der Waals surface area (Å²) < 4.78 is 6.88. The van der Waals surface area contributed by atoms with E-state index in [0.717, 1.165) is 24.5 Å². The number of nitrogens with zero attached hydrogens (tertiary/aromatic N) is 4. The summed E-state index contributed by atoms with van der Waals surface area (Å²) in [5.41, 5.74) is 1.12. The number of hydrogen-bond donors (Lipinski definition) is 0. The van der Waals surface area contributed by atoms with Gasteiger partial charge in [0.05, 0.1) is 12.3 Å². The number of anilines is 1. The van der Waals surface area contributed by atoms with Crippen molar-refractivity contribution in [2.45, 2.75) is 6.92 Å². The largest absolute Gasteiger partial charge is 0.492 e. The van der Waals surface area contributed by atoms with Crippen LogP contribution in [-0.2, 0) is 7.05 Å². The van der Waals surface area contributed by atoms with Gasteiger partial charge in [-0.25, -0.2) is 4.68 Å². The molecule has 1 aromatic carbocycles. The Balaban J connectivity index is 1.68. The van der Waals surface area contributed by atoms with Crippen LogP contribution in [0.3, 0.4) is 0 Å². The summed E-state index contributed by atoms with van der Waals surface area (Å²) in [6.07, 6.45) is 0. The molecule has 25 heavy (non-hydrogen) atoms. The van der Waals surface area contributed by atoms with Crippen LogP contribution in [0.1, 0.15) is 17.4 Å². The molecular formula is C18H22N4O3. The van der Waals surface area contributed by atoms with E-state index in [-0.39, 0.29) is 11.5 Å². The molecule has 0 unspecified atom stereocenters. The van der Waals surface area contributed by atoms with Gasteiger partial charge >= 0.3 is 0 Å². The summed E-state index contributed by atoms with van der Waals surface area (Å²) in [4.78, 5) is 28.0. The standard InChI is InChI=1S/C18H22N4O3/c1-3-25-16-7-5-4-6-15(16)21-10-12-22(13-11-21)18(24)14-8-9-17(23)20(2)19-14/h4-9H,3,10-13H2,1-2H3. The van der Waals surface area contributed by atoms with Gasteiger partial charge in [-0.1, -0.05) is 12.1 Å². The quantitative estimate of drug-likeness (QED) is 0.834. The van der Waals surface area contributed by atoms with Crippen LogP contribution in [0.5, 0.6) is 5.75 Å². The first-order valence-electron chi connectivity index (χ1n) is 8.40. The third-order valence-corrected chi connectivity index (χ3v) is 4.25. The van der Waals surface area contributed by atoms with Crippen LogP contribution in [0.15, 0.2) is 41.2 Å². The summed E-state index contributed by atoms with van der Waals surface area (Å²) >= 11 is 0. The monoisotopic (exact) mass is 342 g/mol. The zero-order valence-electron chi connectivity index (χ0n) is 14.5. The summed E-state index contributed by atoms with van der Waals surface area (Å²) in [5, 5.41) is 4.04. The molecular weight excluding hydrogens is 320 g/mol. The average Bonchev–Trinajstić information content (AvgIpc) is 2.64. The maximum absolute atomic E-state index is 12.6. The highest BCUT2D eigenvalue weighted by molar-refractivity contribution is 5.92. The Morgan fingerprint density at radius 3 is 2.52 bits per heavy atom. The highest BCUT2D eigenvalue weighted by Crippen LogP contribution is 2.28. The number of hydrogen-bond acceptors (Lipinski definition) is 5. The zero-order chi connectivity index (χ0) is 17.8. The second-order valence-electron chi connectivity index (χ2n) is 5.86. The number of benzene rings is 1. The van der Waals surface area contributed by atoms with Gasteiger partial charge in [-0.2, -0.15) is 5.10 Å². The Bertz CT molecular complexity index is 810. The van der Waals surface area contributed by atoms with Crippen molar-refractivity contribution in [3.63, 3.8) is 0 Å². The Labute approximate surface area is 146 Å². The van der Waals surface area contributed by atoms with Gasteiger partial charge in [-0.15, -0.1) is 0 Å². The topological polar surface area (TPSA) is 67.7 Å². The van der Waals surface area contributed by atoms with Crippen molar-refractivity contribution in [2.75, 3.05) is 37.7 Å². The second-order valence-corrected chi connectivity index (χ2v) is 5.86. The summed E-state index contributed by atoms with van der Waals surface area (Å²) in [5.74, 6) is 0.720. The lowest BCUT2D eigenvalue weighted by Crippen LogP contribution is -2.49. The molecule has 0 bridgehead atoms. The normalized spacial score (nSPS) is 14.5. The molecule has 2 heterocycles. The Kier molecular flexibility index (Phi) is 5.02. The lowest BCUT2D eigenvalue weighted by atomic mass is 10.2. The first-order chi connectivity index (χ1) is 12.1. The summed E-state index contributed by atoms with van der Waals surface area (Å²) in [7, 11) is 1.54. The van der Waals surface area contributed by atoms with E-state index in [2.05, 4.69) is 10.00 Å². The molecule has 0 spiro atoms. The first-order valence-corrected chi connectivity index (χ1v) is 8.40. The lowest BCUT2D eigenvalue weighted by molar-refractivity contribution is 0.0738. The number of carbonyl (C=O) groups excluding carboxylic acids is 1. The number of ether oxygens (including phenoxy) is 1. The Hall–Kier alpha value is -2.83. The van der Waals surface area contributed by atoms with Gasteiger partial charge in [0.2, 0.25) is 0 Å². The van der Waals surface area contributed by atoms with Crippen LogP contribution in [0.4, 0.5) is 5.69 Å². The van der Waals surface area contributed by atoms with Gasteiger partial charge < -0.3 is 14.5 Å². The van der Waals surface area contributed by atoms with E-state index in [0.29, 0.717) is 25.4 Å². The number of rotatable bonds is 4. The fourth-order valence-corrected chi connectivity index (χ4v) is 2.92. The molecule has 132 valence electrons. The summed E-state index contributed by atoms with van der Waals surface area (Å²) in [6.45, 7) is 5.23. The van der Waals surface area contributed by atoms with E-state index < -0.39 is 0 Å². The third kappa shape index (κ3) is 3.65. The van der Waals surface area contributed by atoms with Crippen LogP contribution in [-0.4, -0.2) is 53.4 Å². The van der Waals surface area contributed by atoms with Gasteiger partial charge in [-0.3, -0.25) is 9.59 Å². The zero-order valence-corrected chi connectivity index (χ0v) is 14.5. The minimum absolute atomic E-state index is 0.145. The van der Waals surface area contributed by atoms with E-state index >= 15 is 0 Å². The predicted molar refractivity (Wildman–Crippen MR) is 95.2 cm³/mol. The molecule has 1 aromatic heterocycles. The number of aromatic nitrogens is 2. The SMILES string of the molecule is CCOc1ccccc1N1CCN(C(=O)c2ccc(=O)n(C)n2)CC1. The van der Waals surface area contributed by atoms with Crippen LogP contribution in [0.25, 0.3) is 0 Å². The summed E-state index contributed by atoms with van der Waals surface area (Å²) in [6, 6.07) is 10.8. The maximum atomic E-state index is 12.6. The molecule has 0 aliphatic carbocycles. The van der Waals surface area contributed by atoms with Gasteiger partial charge in [-0.05, 0) is 25.1 Å². The molecule has 1 amide bonds. The van der Waals surface area contributed by atoms with E-state index in [4.69, 9.17) is 4.74 Å². The molecule has 2 aromatic rings. The number of piperazine rings is 1. The fourth-order valence-electron chi connectivity index (χ4n) is 2.92. The Morgan fingerprint density at radius 1 is 1.12 bits per heavy atom. The second kappa shape index (κ2) is 7.38. The van der Waals surface area contributed by atoms with Crippen LogP contribution in [0.2, 0.25) is 0 Å². The molecule has 1 aliphatic rings. The van der Waals surface area contributed by atoms with Gasteiger partial charge in [0.25, 0.3) is 11.5 Å². The maximum Gasteiger partial charge on any atom is 0.274 e. The minimum atomic E-state index is -0.228. The Morgan fingerprint density at radius 2 is 1.84 bits per heavy atom. The van der Waals surface area contributed by atoms with Crippen LogP contribution >= 0.6 is 0 Å². The van der Waals surface area contributed by atoms with Crippen molar-refractivity contribution in [3.8, 4) is 5.75 Å². The molecule has 1 aliphatic heterocycles. The molecule has 0 radical (unpaired) electrons. The molecule has 7 nitrogen and oxygen atoms in total. The van der Waals surface area contributed by atoms with Crippen molar-refractivity contribution >= 4 is 11.6 Å². The van der Waals surface area contributed by atoms with Crippen molar-refractivity contribution in [3.05, 3.63) is 52.4 Å². The first kappa shape index (κ1) is 17.0. The highest BCUT2D eigenvalue weighted by atomic mass is 16.5. The molecule has 0 atom stereocenters. The van der Waals surface area contributed by atoms with E-state index in [9.17, 15) is 9.59 Å². The van der Waals surface area contributed by atoms with E-state index in [1.165, 1.54) is 16.8 Å². The third-order valence-electron chi connectivity index (χ3n) is 4.25. The minimum Gasteiger partial charge on any atom is -0.492 e.